The van der Waals surface area contributed by atoms with E-state index in [1.807, 2.05) is 30.3 Å². The maximum atomic E-state index is 11.3. The van der Waals surface area contributed by atoms with Crippen molar-refractivity contribution in [3.05, 3.63) is 71.4 Å². The first-order valence-electron chi connectivity index (χ1n) is 7.83. The molecule has 2 heterocycles. The Morgan fingerprint density at radius 3 is 2.65 bits per heavy atom. The van der Waals surface area contributed by atoms with Gasteiger partial charge in [0, 0.05) is 36.1 Å². The first kappa shape index (κ1) is 14.0. The van der Waals surface area contributed by atoms with E-state index >= 15 is 0 Å². The number of para-hydroxylation sites is 1. The minimum Gasteiger partial charge on any atom is -0.480 e. The summed E-state index contributed by atoms with van der Waals surface area (Å²) in [5.74, 6) is -0.782. The Kier molecular flexibility index (Phi) is 3.39. The van der Waals surface area contributed by atoms with Crippen molar-refractivity contribution in [1.82, 2.24) is 9.88 Å². The molecule has 1 aliphatic heterocycles. The standard InChI is InChI=1S/C19H18N2O2/c22-19(23)16-10-15-14-8-4-5-9-17(14)21(18(15)11-20-16)12-13-6-2-1-3-7-13/h1-9,16,20H,10-12H2,(H,22,23)/t16-/m1/s1. The molecule has 0 saturated carbocycles. The molecule has 0 amide bonds. The number of carbonyl (C=O) groups is 1. The van der Waals surface area contributed by atoms with E-state index < -0.39 is 12.0 Å². The number of fused-ring (bicyclic) bond motifs is 3. The first-order valence-corrected chi connectivity index (χ1v) is 7.83. The molecule has 4 heteroatoms. The first-order chi connectivity index (χ1) is 11.2. The third-order valence-electron chi connectivity index (χ3n) is 4.60. The summed E-state index contributed by atoms with van der Waals surface area (Å²) in [6, 6.07) is 18.1. The van der Waals surface area contributed by atoms with Crippen molar-refractivity contribution < 1.29 is 9.90 Å². The molecular formula is C19H18N2O2. The van der Waals surface area contributed by atoms with Crippen LogP contribution in [0, 0.1) is 0 Å². The lowest BCUT2D eigenvalue weighted by molar-refractivity contribution is -0.139. The van der Waals surface area contributed by atoms with Crippen LogP contribution in [-0.2, 0) is 24.3 Å². The Bertz CT molecular complexity index is 868. The molecule has 0 spiro atoms. The Balaban J connectivity index is 1.84. The maximum Gasteiger partial charge on any atom is 0.321 e. The zero-order valence-corrected chi connectivity index (χ0v) is 12.7. The van der Waals surface area contributed by atoms with Crippen molar-refractivity contribution in [1.29, 1.82) is 0 Å². The average Bonchev–Trinajstić information content (AvgIpc) is 2.90. The molecule has 0 saturated heterocycles. The monoisotopic (exact) mass is 306 g/mol. The van der Waals surface area contributed by atoms with Gasteiger partial charge in [0.25, 0.3) is 0 Å². The molecule has 1 aliphatic rings. The normalized spacial score (nSPS) is 17.1. The predicted octanol–water partition coefficient (Wildman–Crippen LogP) is 2.79. The summed E-state index contributed by atoms with van der Waals surface area (Å²) in [4.78, 5) is 11.3. The molecule has 23 heavy (non-hydrogen) atoms. The molecule has 0 bridgehead atoms. The second-order valence-corrected chi connectivity index (χ2v) is 5.99. The molecule has 4 nitrogen and oxygen atoms in total. The van der Waals surface area contributed by atoms with Crippen LogP contribution >= 0.6 is 0 Å². The van der Waals surface area contributed by atoms with Crippen molar-refractivity contribution in [2.45, 2.75) is 25.6 Å². The predicted molar refractivity (Wildman–Crippen MR) is 89.4 cm³/mol. The van der Waals surface area contributed by atoms with Crippen molar-refractivity contribution in [3.8, 4) is 0 Å². The number of nitrogens with one attached hydrogen (secondary N) is 1. The van der Waals surface area contributed by atoms with Gasteiger partial charge < -0.3 is 9.67 Å². The van der Waals surface area contributed by atoms with Crippen molar-refractivity contribution in [3.63, 3.8) is 0 Å². The summed E-state index contributed by atoms with van der Waals surface area (Å²) in [7, 11) is 0. The number of aromatic nitrogens is 1. The minimum absolute atomic E-state index is 0.501. The van der Waals surface area contributed by atoms with E-state index in [0.717, 1.165) is 6.54 Å². The van der Waals surface area contributed by atoms with Crippen LogP contribution in [0.2, 0.25) is 0 Å². The molecule has 3 aromatic rings. The number of rotatable bonds is 3. The highest BCUT2D eigenvalue weighted by atomic mass is 16.4. The highest BCUT2D eigenvalue weighted by molar-refractivity contribution is 5.87. The van der Waals surface area contributed by atoms with E-state index in [0.29, 0.717) is 13.0 Å². The van der Waals surface area contributed by atoms with Gasteiger partial charge in [-0.15, -0.1) is 0 Å². The molecule has 2 aromatic carbocycles. The number of carboxylic acids is 1. The van der Waals surface area contributed by atoms with Crippen molar-refractivity contribution in [2.24, 2.45) is 0 Å². The maximum absolute atomic E-state index is 11.3. The number of hydrogen-bond donors (Lipinski definition) is 2. The fraction of sp³-hybridized carbons (Fsp3) is 0.211. The molecule has 0 radical (unpaired) electrons. The summed E-state index contributed by atoms with van der Waals surface area (Å²) in [6.07, 6.45) is 0.535. The van der Waals surface area contributed by atoms with Crippen molar-refractivity contribution in [2.75, 3.05) is 0 Å². The number of aliphatic carboxylic acids is 1. The lowest BCUT2D eigenvalue weighted by Gasteiger charge is -2.22. The van der Waals surface area contributed by atoms with E-state index in [2.05, 4.69) is 34.1 Å². The van der Waals surface area contributed by atoms with Gasteiger partial charge in [0.05, 0.1) is 0 Å². The fourth-order valence-corrected chi connectivity index (χ4v) is 3.48. The van der Waals surface area contributed by atoms with Gasteiger partial charge in [0.2, 0.25) is 0 Å². The second kappa shape index (κ2) is 5.56. The zero-order chi connectivity index (χ0) is 15.8. The summed E-state index contributed by atoms with van der Waals surface area (Å²) >= 11 is 0. The molecule has 116 valence electrons. The largest absolute Gasteiger partial charge is 0.480 e. The van der Waals surface area contributed by atoms with E-state index in [9.17, 15) is 9.90 Å². The van der Waals surface area contributed by atoms with Gasteiger partial charge >= 0.3 is 5.97 Å². The Hall–Kier alpha value is -2.59. The molecule has 2 N–H and O–H groups in total. The lowest BCUT2D eigenvalue weighted by atomic mass is 9.98. The highest BCUT2D eigenvalue weighted by Crippen LogP contribution is 2.30. The van der Waals surface area contributed by atoms with Gasteiger partial charge in [0.15, 0.2) is 0 Å². The Morgan fingerprint density at radius 1 is 1.13 bits per heavy atom. The van der Waals surface area contributed by atoms with Crippen molar-refractivity contribution >= 4 is 16.9 Å². The molecular weight excluding hydrogens is 288 g/mol. The van der Waals surface area contributed by atoms with Crippen LogP contribution in [0.5, 0.6) is 0 Å². The van der Waals surface area contributed by atoms with E-state index in [4.69, 9.17) is 0 Å². The fourth-order valence-electron chi connectivity index (χ4n) is 3.48. The molecule has 0 aliphatic carbocycles. The lowest BCUT2D eigenvalue weighted by Crippen LogP contribution is -2.42. The topological polar surface area (TPSA) is 54.3 Å². The molecule has 4 rings (SSSR count). The summed E-state index contributed by atoms with van der Waals surface area (Å²) in [6.45, 7) is 1.39. The number of nitrogens with zero attached hydrogens (tertiary/aromatic N) is 1. The summed E-state index contributed by atoms with van der Waals surface area (Å²) in [5.41, 5.74) is 4.79. The molecule has 1 aromatic heterocycles. The minimum atomic E-state index is -0.782. The molecule has 1 atom stereocenters. The van der Waals surface area contributed by atoms with Crippen LogP contribution in [0.1, 0.15) is 16.8 Å². The van der Waals surface area contributed by atoms with Gasteiger partial charge in [0.1, 0.15) is 6.04 Å². The Morgan fingerprint density at radius 2 is 1.87 bits per heavy atom. The van der Waals surface area contributed by atoms with Gasteiger partial charge in [-0.05, 0) is 17.2 Å². The SMILES string of the molecule is O=C(O)[C@H]1Cc2c(n(Cc3ccccc3)c3ccccc23)CN1. The summed E-state index contributed by atoms with van der Waals surface area (Å²) in [5, 5.41) is 13.6. The van der Waals surface area contributed by atoms with E-state index in [1.54, 1.807) is 0 Å². The van der Waals surface area contributed by atoms with E-state index in [-0.39, 0.29) is 0 Å². The number of benzene rings is 2. The van der Waals surface area contributed by atoms with E-state index in [1.165, 1.54) is 27.7 Å². The zero-order valence-electron chi connectivity index (χ0n) is 12.7. The average molecular weight is 306 g/mol. The van der Waals surface area contributed by atoms with Crippen LogP contribution in [-0.4, -0.2) is 21.7 Å². The van der Waals surface area contributed by atoms with Gasteiger partial charge in [-0.1, -0.05) is 48.5 Å². The second-order valence-electron chi connectivity index (χ2n) is 5.99. The van der Waals surface area contributed by atoms with Gasteiger partial charge in [-0.2, -0.15) is 0 Å². The third kappa shape index (κ3) is 2.41. The smallest absolute Gasteiger partial charge is 0.321 e. The highest BCUT2D eigenvalue weighted by Gasteiger charge is 2.28. The van der Waals surface area contributed by atoms with Crippen LogP contribution in [0.25, 0.3) is 10.9 Å². The third-order valence-corrected chi connectivity index (χ3v) is 4.60. The van der Waals surface area contributed by atoms with Crippen LogP contribution in [0.4, 0.5) is 0 Å². The Labute approximate surface area is 134 Å². The number of hydrogen-bond acceptors (Lipinski definition) is 2. The molecule has 0 fully saturated rings. The van der Waals surface area contributed by atoms with Crippen LogP contribution in [0.3, 0.4) is 0 Å². The van der Waals surface area contributed by atoms with Crippen LogP contribution in [0.15, 0.2) is 54.6 Å². The van der Waals surface area contributed by atoms with Gasteiger partial charge in [-0.25, -0.2) is 0 Å². The number of carboxylic acid groups (broad SMARTS) is 1. The van der Waals surface area contributed by atoms with Crippen LogP contribution < -0.4 is 5.32 Å². The summed E-state index contributed by atoms with van der Waals surface area (Å²) < 4.78 is 2.31. The quantitative estimate of drug-likeness (QED) is 0.782. The van der Waals surface area contributed by atoms with Gasteiger partial charge in [-0.3, -0.25) is 10.1 Å². The molecule has 0 unspecified atom stereocenters.